The second kappa shape index (κ2) is 6.54. The van der Waals surface area contributed by atoms with Crippen molar-refractivity contribution in [1.29, 1.82) is 0 Å². The average Bonchev–Trinajstić information content (AvgIpc) is 2.93. The Morgan fingerprint density at radius 1 is 1.57 bits per heavy atom. The number of carbonyl (C=O) groups excluding carboxylic acids is 1. The lowest BCUT2D eigenvalue weighted by Crippen LogP contribution is -2.45. The average molecular weight is 334 g/mol. The van der Waals surface area contributed by atoms with Crippen molar-refractivity contribution >= 4 is 22.5 Å². The first-order valence-corrected chi connectivity index (χ1v) is 8.45. The summed E-state index contributed by atoms with van der Waals surface area (Å²) in [5, 5.41) is 5.33. The number of urea groups is 1. The summed E-state index contributed by atoms with van der Waals surface area (Å²) in [6, 6.07) is 4.54. The van der Waals surface area contributed by atoms with Gasteiger partial charge in [-0.15, -0.1) is 11.3 Å². The predicted octanol–water partition coefficient (Wildman–Crippen LogP) is 2.74. The van der Waals surface area contributed by atoms with Crippen LogP contribution in [0, 0.1) is 5.82 Å². The molecule has 0 spiro atoms. The van der Waals surface area contributed by atoms with Crippen LogP contribution in [0.5, 0.6) is 0 Å². The molecule has 7 heteroatoms. The van der Waals surface area contributed by atoms with Gasteiger partial charge in [-0.1, -0.05) is 6.07 Å². The Hall–Kier alpha value is -2.15. The maximum atomic E-state index is 13.5. The second-order valence-electron chi connectivity index (χ2n) is 5.62. The number of hydrogen-bond acceptors (Lipinski definition) is 4. The van der Waals surface area contributed by atoms with Gasteiger partial charge in [-0.2, -0.15) is 0 Å². The molecule has 1 aliphatic heterocycles. The molecule has 1 aliphatic rings. The fraction of sp³-hybridized carbons (Fsp3) is 0.375. The van der Waals surface area contributed by atoms with E-state index in [1.165, 1.54) is 23.5 Å². The minimum absolute atomic E-state index is 0.129. The van der Waals surface area contributed by atoms with Crippen LogP contribution in [0.25, 0.3) is 0 Å². The smallest absolute Gasteiger partial charge is 0.317 e. The van der Waals surface area contributed by atoms with Crippen molar-refractivity contribution < 1.29 is 9.18 Å². The minimum atomic E-state index is -0.265. The van der Waals surface area contributed by atoms with E-state index >= 15 is 0 Å². The Kier molecular flexibility index (Phi) is 4.47. The molecule has 0 unspecified atom stereocenters. The van der Waals surface area contributed by atoms with E-state index < -0.39 is 0 Å². The van der Waals surface area contributed by atoms with Crippen LogP contribution in [0.2, 0.25) is 0 Å². The number of nitrogen functional groups attached to an aromatic ring is 1. The highest BCUT2D eigenvalue weighted by atomic mass is 32.1. The van der Waals surface area contributed by atoms with Gasteiger partial charge >= 0.3 is 6.03 Å². The molecule has 23 heavy (non-hydrogen) atoms. The Morgan fingerprint density at radius 3 is 3.13 bits per heavy atom. The highest BCUT2D eigenvalue weighted by molar-refractivity contribution is 7.13. The fourth-order valence-electron chi connectivity index (χ4n) is 2.90. The lowest BCUT2D eigenvalue weighted by atomic mass is 9.94. The molecular formula is C16H19FN4OS. The number of nitrogens with zero attached hydrogens (tertiary/aromatic N) is 2. The molecule has 2 aromatic rings. The van der Waals surface area contributed by atoms with Crippen molar-refractivity contribution in [3.8, 4) is 0 Å². The van der Waals surface area contributed by atoms with E-state index in [-0.39, 0.29) is 17.9 Å². The molecule has 0 saturated heterocycles. The molecule has 0 saturated carbocycles. The second-order valence-corrected chi connectivity index (χ2v) is 6.51. The van der Waals surface area contributed by atoms with Gasteiger partial charge in [-0.05, 0) is 36.6 Å². The molecule has 0 radical (unpaired) electrons. The zero-order valence-electron chi connectivity index (χ0n) is 12.9. The van der Waals surface area contributed by atoms with Crippen LogP contribution < -0.4 is 11.1 Å². The summed E-state index contributed by atoms with van der Waals surface area (Å²) in [5.74, 6) is -0.265. The zero-order valence-corrected chi connectivity index (χ0v) is 13.7. The van der Waals surface area contributed by atoms with E-state index in [4.69, 9.17) is 5.73 Å². The van der Waals surface area contributed by atoms with Crippen LogP contribution in [0.15, 0.2) is 23.6 Å². The summed E-state index contributed by atoms with van der Waals surface area (Å²) in [5.41, 5.74) is 8.46. The summed E-state index contributed by atoms with van der Waals surface area (Å²) in [7, 11) is 0. The Bertz CT molecular complexity index is 718. The number of thiazole rings is 1. The van der Waals surface area contributed by atoms with E-state index in [2.05, 4.69) is 10.3 Å². The highest BCUT2D eigenvalue weighted by Crippen LogP contribution is 2.29. The predicted molar refractivity (Wildman–Crippen MR) is 88.9 cm³/mol. The third kappa shape index (κ3) is 3.44. The van der Waals surface area contributed by atoms with E-state index in [1.807, 2.05) is 18.4 Å². The number of halogens is 1. The summed E-state index contributed by atoms with van der Waals surface area (Å²) >= 11 is 1.39. The zero-order chi connectivity index (χ0) is 16.4. The highest BCUT2D eigenvalue weighted by Gasteiger charge is 2.27. The third-order valence-corrected chi connectivity index (χ3v) is 4.86. The quantitative estimate of drug-likeness (QED) is 0.906. The van der Waals surface area contributed by atoms with Crippen LogP contribution in [-0.2, 0) is 12.8 Å². The van der Waals surface area contributed by atoms with E-state index in [1.54, 1.807) is 4.90 Å². The number of carbonyl (C=O) groups is 1. The number of aromatic nitrogens is 1. The fourth-order valence-corrected chi connectivity index (χ4v) is 3.50. The van der Waals surface area contributed by atoms with Crippen molar-refractivity contribution in [2.45, 2.75) is 25.8 Å². The molecule has 122 valence electrons. The normalized spacial score (nSPS) is 17.0. The molecule has 1 aromatic heterocycles. The molecule has 5 nitrogen and oxygen atoms in total. The third-order valence-electron chi connectivity index (χ3n) is 4.14. The number of rotatable bonds is 3. The van der Waals surface area contributed by atoms with Gasteiger partial charge in [0, 0.05) is 24.9 Å². The topological polar surface area (TPSA) is 71.2 Å². The van der Waals surface area contributed by atoms with E-state index in [0.717, 1.165) is 23.2 Å². The van der Waals surface area contributed by atoms with Crippen molar-refractivity contribution in [3.63, 3.8) is 0 Å². The van der Waals surface area contributed by atoms with Gasteiger partial charge in [-0.3, -0.25) is 0 Å². The molecule has 3 N–H and O–H groups in total. The largest absolute Gasteiger partial charge is 0.375 e. The van der Waals surface area contributed by atoms with Gasteiger partial charge in [0.05, 0.1) is 11.7 Å². The van der Waals surface area contributed by atoms with Crippen molar-refractivity contribution in [2.75, 3.05) is 18.8 Å². The Labute approximate surface area is 138 Å². The lowest BCUT2D eigenvalue weighted by Gasteiger charge is -2.35. The van der Waals surface area contributed by atoms with E-state index in [9.17, 15) is 9.18 Å². The summed E-state index contributed by atoms with van der Waals surface area (Å²) in [4.78, 5) is 18.3. The molecule has 2 heterocycles. The van der Waals surface area contributed by atoms with Crippen molar-refractivity contribution in [2.24, 2.45) is 0 Å². The molecular weight excluding hydrogens is 315 g/mol. The molecule has 2 amide bonds. The number of hydrogen-bond donors (Lipinski definition) is 2. The molecule has 1 atom stereocenters. The van der Waals surface area contributed by atoms with E-state index in [0.29, 0.717) is 24.6 Å². The van der Waals surface area contributed by atoms with Gasteiger partial charge < -0.3 is 16.0 Å². The van der Waals surface area contributed by atoms with Gasteiger partial charge in [0.2, 0.25) is 0 Å². The monoisotopic (exact) mass is 334 g/mol. The van der Waals surface area contributed by atoms with Gasteiger partial charge in [-0.25, -0.2) is 14.2 Å². The first kappa shape index (κ1) is 15.7. The number of benzene rings is 1. The first-order chi connectivity index (χ1) is 11.0. The summed E-state index contributed by atoms with van der Waals surface area (Å²) < 4.78 is 13.5. The summed E-state index contributed by atoms with van der Waals surface area (Å²) in [6.07, 6.45) is 1.39. The van der Waals surface area contributed by atoms with Crippen LogP contribution in [-0.4, -0.2) is 29.0 Å². The molecule has 3 rings (SSSR count). The molecule has 0 bridgehead atoms. The lowest BCUT2D eigenvalue weighted by molar-refractivity contribution is 0.175. The Morgan fingerprint density at radius 2 is 2.39 bits per heavy atom. The standard InChI is InChI=1S/C16H19FN4OS/c1-10-14-8-12(17)3-2-11(14)5-7-21(10)16(22)19-6-4-13-9-23-15(18)20-13/h2-3,8-10H,4-7H2,1H3,(H2,18,20)(H,19,22)/t10-/m1/s1. The van der Waals surface area contributed by atoms with Crippen LogP contribution in [0.4, 0.5) is 14.3 Å². The number of fused-ring (bicyclic) bond motifs is 1. The SMILES string of the molecule is C[C@@H]1c2cc(F)ccc2CCN1C(=O)NCCc1csc(N)n1. The Balaban J connectivity index is 1.59. The number of nitrogens with two attached hydrogens (primary N) is 1. The molecule has 0 fully saturated rings. The minimum Gasteiger partial charge on any atom is -0.375 e. The van der Waals surface area contributed by atoms with Crippen LogP contribution >= 0.6 is 11.3 Å². The molecule has 1 aromatic carbocycles. The maximum absolute atomic E-state index is 13.5. The van der Waals surface area contributed by atoms with Crippen LogP contribution in [0.1, 0.15) is 29.8 Å². The van der Waals surface area contributed by atoms with Gasteiger partial charge in [0.25, 0.3) is 0 Å². The van der Waals surface area contributed by atoms with Crippen molar-refractivity contribution in [1.82, 2.24) is 15.2 Å². The van der Waals surface area contributed by atoms with Gasteiger partial charge in [0.15, 0.2) is 5.13 Å². The van der Waals surface area contributed by atoms with Gasteiger partial charge in [0.1, 0.15) is 5.82 Å². The first-order valence-electron chi connectivity index (χ1n) is 7.57. The summed E-state index contributed by atoms with van der Waals surface area (Å²) in [6.45, 7) is 3.06. The van der Waals surface area contributed by atoms with Crippen LogP contribution in [0.3, 0.4) is 0 Å². The molecule has 0 aliphatic carbocycles. The number of amides is 2. The van der Waals surface area contributed by atoms with Crippen molar-refractivity contribution in [3.05, 3.63) is 46.2 Å². The number of nitrogens with one attached hydrogen (secondary N) is 1. The maximum Gasteiger partial charge on any atom is 0.317 e. The number of anilines is 1.